The van der Waals surface area contributed by atoms with E-state index < -0.39 is 0 Å². The molecule has 1 aromatic heterocycles. The highest BCUT2D eigenvalue weighted by Gasteiger charge is 2.20. The summed E-state index contributed by atoms with van der Waals surface area (Å²) in [6.07, 6.45) is 3.56. The largest absolute Gasteiger partial charge is 0.393 e. The van der Waals surface area contributed by atoms with Gasteiger partial charge in [-0.05, 0) is 43.4 Å². The van der Waals surface area contributed by atoms with E-state index in [1.165, 1.54) is 0 Å². The minimum absolute atomic E-state index is 0.0948. The van der Waals surface area contributed by atoms with Crippen LogP contribution in [0.3, 0.4) is 0 Å². The van der Waals surface area contributed by atoms with E-state index in [0.29, 0.717) is 18.0 Å². The van der Waals surface area contributed by atoms with Crippen LogP contribution in [-0.2, 0) is 7.05 Å². The Morgan fingerprint density at radius 2 is 2.33 bits per heavy atom. The van der Waals surface area contributed by atoms with Crippen molar-refractivity contribution < 1.29 is 9.90 Å². The van der Waals surface area contributed by atoms with Crippen LogP contribution >= 0.6 is 0 Å². The van der Waals surface area contributed by atoms with Crippen LogP contribution in [0, 0.1) is 5.92 Å². The molecule has 0 radical (unpaired) electrons. The molecular weight excluding hydrogens is 268 g/mol. The van der Waals surface area contributed by atoms with Gasteiger partial charge in [0.1, 0.15) is 5.52 Å². The zero-order valence-electron chi connectivity index (χ0n) is 12.1. The molecule has 2 N–H and O–H groups in total. The fourth-order valence-electron chi connectivity index (χ4n) is 2.97. The number of benzene rings is 1. The molecule has 3 rings (SSSR count). The highest BCUT2D eigenvalue weighted by molar-refractivity contribution is 5.97. The van der Waals surface area contributed by atoms with Crippen molar-refractivity contribution in [3.63, 3.8) is 0 Å². The van der Waals surface area contributed by atoms with Gasteiger partial charge in [0.2, 0.25) is 0 Å². The summed E-state index contributed by atoms with van der Waals surface area (Å²) in [6, 6.07) is 5.40. The first-order valence-corrected chi connectivity index (χ1v) is 7.39. The van der Waals surface area contributed by atoms with Gasteiger partial charge >= 0.3 is 0 Å². The molecule has 21 heavy (non-hydrogen) atoms. The number of carbonyl (C=O) groups excluding carboxylic acids is 1. The van der Waals surface area contributed by atoms with Crippen LogP contribution in [0.25, 0.3) is 11.0 Å². The monoisotopic (exact) mass is 288 g/mol. The number of carbonyl (C=O) groups is 1. The summed E-state index contributed by atoms with van der Waals surface area (Å²) in [5.41, 5.74) is 2.22. The lowest BCUT2D eigenvalue weighted by molar-refractivity contribution is 0.0874. The number of nitrogens with one attached hydrogen (secondary N) is 1. The molecule has 0 saturated heterocycles. The van der Waals surface area contributed by atoms with Gasteiger partial charge < -0.3 is 10.4 Å². The normalized spacial score (nSPS) is 22.4. The summed E-state index contributed by atoms with van der Waals surface area (Å²) in [5.74, 6) is 0.278. The van der Waals surface area contributed by atoms with E-state index in [1.807, 2.05) is 13.1 Å². The Labute approximate surface area is 123 Å². The third kappa shape index (κ3) is 3.05. The Morgan fingerprint density at radius 3 is 3.14 bits per heavy atom. The van der Waals surface area contributed by atoms with Crippen LogP contribution in [-0.4, -0.2) is 38.7 Å². The van der Waals surface area contributed by atoms with E-state index >= 15 is 0 Å². The summed E-state index contributed by atoms with van der Waals surface area (Å²) in [4.78, 5) is 12.2. The zero-order valence-corrected chi connectivity index (χ0v) is 12.1. The zero-order chi connectivity index (χ0) is 14.8. The average molecular weight is 288 g/mol. The summed E-state index contributed by atoms with van der Waals surface area (Å²) in [6.45, 7) is 0.619. The van der Waals surface area contributed by atoms with Crippen molar-refractivity contribution in [3.05, 3.63) is 23.8 Å². The maximum Gasteiger partial charge on any atom is 0.251 e. The average Bonchev–Trinajstić information content (AvgIpc) is 2.86. The summed E-state index contributed by atoms with van der Waals surface area (Å²) < 4.78 is 1.68. The van der Waals surface area contributed by atoms with Crippen molar-refractivity contribution in [1.82, 2.24) is 20.3 Å². The number of aliphatic hydroxyl groups is 1. The van der Waals surface area contributed by atoms with Crippen LogP contribution in [0.15, 0.2) is 18.2 Å². The molecule has 112 valence electrons. The molecular formula is C15H20N4O2. The lowest BCUT2D eigenvalue weighted by atomic mass is 9.87. The number of rotatable bonds is 3. The summed E-state index contributed by atoms with van der Waals surface area (Å²) in [7, 11) is 1.82. The molecule has 1 heterocycles. The first-order valence-electron chi connectivity index (χ1n) is 7.39. The number of nitrogens with zero attached hydrogens (tertiary/aromatic N) is 3. The number of hydrogen-bond acceptors (Lipinski definition) is 4. The standard InChI is InChI=1S/C15H20N4O2/c1-19-14-6-5-11(8-13(14)17-18-19)15(21)16-9-10-3-2-4-12(20)7-10/h5-6,8,10,12,20H,2-4,7,9H2,1H3,(H,16,21). The fourth-order valence-corrected chi connectivity index (χ4v) is 2.97. The second kappa shape index (κ2) is 5.81. The number of amides is 1. The maximum atomic E-state index is 12.2. The van der Waals surface area contributed by atoms with Crippen molar-refractivity contribution in [2.45, 2.75) is 31.8 Å². The van der Waals surface area contributed by atoms with Crippen LogP contribution in [0.1, 0.15) is 36.0 Å². The van der Waals surface area contributed by atoms with Crippen LogP contribution in [0.4, 0.5) is 0 Å². The molecule has 2 unspecified atom stereocenters. The molecule has 0 spiro atoms. The Balaban J connectivity index is 1.63. The number of aromatic nitrogens is 3. The van der Waals surface area contributed by atoms with Crippen molar-refractivity contribution in [1.29, 1.82) is 0 Å². The molecule has 1 saturated carbocycles. The van der Waals surface area contributed by atoms with E-state index in [0.717, 1.165) is 36.7 Å². The number of fused-ring (bicyclic) bond motifs is 1. The first kappa shape index (κ1) is 14.0. The van der Waals surface area contributed by atoms with Gasteiger partial charge in [0.15, 0.2) is 0 Å². The topological polar surface area (TPSA) is 80.0 Å². The second-order valence-electron chi connectivity index (χ2n) is 5.81. The minimum atomic E-state index is -0.211. The molecule has 6 heteroatoms. The molecule has 1 fully saturated rings. The van der Waals surface area contributed by atoms with Crippen LogP contribution in [0.5, 0.6) is 0 Å². The smallest absolute Gasteiger partial charge is 0.251 e. The van der Waals surface area contributed by atoms with E-state index in [-0.39, 0.29) is 12.0 Å². The second-order valence-corrected chi connectivity index (χ2v) is 5.81. The SMILES string of the molecule is Cn1nnc2cc(C(=O)NCC3CCCC(O)C3)ccc21. The Morgan fingerprint density at radius 1 is 1.48 bits per heavy atom. The van der Waals surface area contributed by atoms with Gasteiger partial charge in [0.05, 0.1) is 11.6 Å². The van der Waals surface area contributed by atoms with Crippen LogP contribution < -0.4 is 5.32 Å². The predicted molar refractivity (Wildman–Crippen MR) is 78.8 cm³/mol. The van der Waals surface area contributed by atoms with Gasteiger partial charge in [-0.3, -0.25) is 4.79 Å². The predicted octanol–water partition coefficient (Wildman–Crippen LogP) is 1.25. The Bertz CT molecular complexity index is 652. The van der Waals surface area contributed by atoms with Gasteiger partial charge in [0, 0.05) is 19.2 Å². The van der Waals surface area contributed by atoms with Crippen molar-refractivity contribution in [2.75, 3.05) is 6.54 Å². The quantitative estimate of drug-likeness (QED) is 0.890. The van der Waals surface area contributed by atoms with E-state index in [1.54, 1.807) is 16.8 Å². The van der Waals surface area contributed by atoms with Gasteiger partial charge in [-0.1, -0.05) is 11.6 Å². The third-order valence-electron chi connectivity index (χ3n) is 4.18. The molecule has 1 aliphatic carbocycles. The van der Waals surface area contributed by atoms with Crippen LogP contribution in [0.2, 0.25) is 0 Å². The van der Waals surface area contributed by atoms with Crippen molar-refractivity contribution >= 4 is 16.9 Å². The summed E-state index contributed by atoms with van der Waals surface area (Å²) in [5, 5.41) is 20.6. The Kier molecular flexibility index (Phi) is 3.88. The number of hydrogen-bond donors (Lipinski definition) is 2. The fraction of sp³-hybridized carbons (Fsp3) is 0.533. The highest BCUT2D eigenvalue weighted by Crippen LogP contribution is 2.23. The Hall–Kier alpha value is -1.95. The molecule has 1 aromatic carbocycles. The maximum absolute atomic E-state index is 12.2. The molecule has 0 bridgehead atoms. The van der Waals surface area contributed by atoms with Crippen molar-refractivity contribution in [3.8, 4) is 0 Å². The van der Waals surface area contributed by atoms with Gasteiger partial charge in [-0.15, -0.1) is 5.10 Å². The third-order valence-corrected chi connectivity index (χ3v) is 4.18. The molecule has 1 amide bonds. The minimum Gasteiger partial charge on any atom is -0.393 e. The molecule has 6 nitrogen and oxygen atoms in total. The summed E-state index contributed by atoms with van der Waals surface area (Å²) >= 11 is 0. The van der Waals surface area contributed by atoms with E-state index in [9.17, 15) is 9.90 Å². The van der Waals surface area contributed by atoms with Gasteiger partial charge in [0.25, 0.3) is 5.91 Å². The van der Waals surface area contributed by atoms with E-state index in [4.69, 9.17) is 0 Å². The first-order chi connectivity index (χ1) is 10.1. The lowest BCUT2D eigenvalue weighted by Crippen LogP contribution is -2.32. The molecule has 2 atom stereocenters. The highest BCUT2D eigenvalue weighted by atomic mass is 16.3. The molecule has 1 aliphatic rings. The number of aliphatic hydroxyl groups excluding tert-OH is 1. The van der Waals surface area contributed by atoms with Crippen molar-refractivity contribution in [2.24, 2.45) is 13.0 Å². The van der Waals surface area contributed by atoms with E-state index in [2.05, 4.69) is 15.6 Å². The molecule has 2 aromatic rings. The lowest BCUT2D eigenvalue weighted by Gasteiger charge is -2.25. The molecule has 0 aliphatic heterocycles. The van der Waals surface area contributed by atoms with Gasteiger partial charge in [-0.2, -0.15) is 0 Å². The number of aryl methyl sites for hydroxylation is 1. The van der Waals surface area contributed by atoms with Gasteiger partial charge in [-0.25, -0.2) is 4.68 Å².